The van der Waals surface area contributed by atoms with Crippen molar-refractivity contribution in [1.29, 1.82) is 0 Å². The van der Waals surface area contributed by atoms with Crippen LogP contribution in [0.1, 0.15) is 26.0 Å². The van der Waals surface area contributed by atoms with Gasteiger partial charge in [0.05, 0.1) is 25.9 Å². The highest BCUT2D eigenvalue weighted by atomic mass is 127. The zero-order valence-corrected chi connectivity index (χ0v) is 18.8. The lowest BCUT2D eigenvalue weighted by Gasteiger charge is -2.19. The summed E-state index contributed by atoms with van der Waals surface area (Å²) in [6, 6.07) is 0.871. The molecule has 0 radical (unpaired) electrons. The summed E-state index contributed by atoms with van der Waals surface area (Å²) >= 11 is 0. The molecule has 0 bridgehead atoms. The Balaban J connectivity index is 0.00000420. The fourth-order valence-corrected chi connectivity index (χ4v) is 2.46. The first kappa shape index (κ1) is 25.6. The first-order valence-electron chi connectivity index (χ1n) is 9.26. The molecule has 12 heteroatoms. The molecule has 0 spiro atoms. The van der Waals surface area contributed by atoms with Crippen molar-refractivity contribution in [2.45, 2.75) is 38.6 Å². The van der Waals surface area contributed by atoms with Gasteiger partial charge < -0.3 is 25.4 Å². The molecule has 2 heterocycles. The Morgan fingerprint density at radius 2 is 2.24 bits per heavy atom. The molecule has 0 aromatic carbocycles. The van der Waals surface area contributed by atoms with Crippen molar-refractivity contribution in [3.05, 3.63) is 18.0 Å². The van der Waals surface area contributed by atoms with E-state index in [-0.39, 0.29) is 42.1 Å². The molecular formula is C17H28F3IN6O2. The van der Waals surface area contributed by atoms with Crippen LogP contribution in [0.5, 0.6) is 0 Å². The highest BCUT2D eigenvalue weighted by Crippen LogP contribution is 2.27. The van der Waals surface area contributed by atoms with Crippen molar-refractivity contribution in [1.82, 2.24) is 20.6 Å². The van der Waals surface area contributed by atoms with Gasteiger partial charge in [-0.2, -0.15) is 13.2 Å². The van der Waals surface area contributed by atoms with E-state index < -0.39 is 11.9 Å². The van der Waals surface area contributed by atoms with Crippen molar-refractivity contribution in [3.63, 3.8) is 0 Å². The molecule has 1 aromatic heterocycles. The van der Waals surface area contributed by atoms with Crippen LogP contribution in [0.25, 0.3) is 0 Å². The predicted molar refractivity (Wildman–Crippen MR) is 115 cm³/mol. The molecule has 29 heavy (non-hydrogen) atoms. The average molecular weight is 532 g/mol. The van der Waals surface area contributed by atoms with Crippen LogP contribution in [-0.2, 0) is 15.7 Å². The molecular weight excluding hydrogens is 504 g/mol. The van der Waals surface area contributed by atoms with Crippen molar-refractivity contribution in [2.24, 2.45) is 4.99 Å². The number of guanidine groups is 1. The molecule has 1 aromatic rings. The average Bonchev–Trinajstić information content (AvgIpc) is 3.17. The molecule has 8 nitrogen and oxygen atoms in total. The maximum Gasteiger partial charge on any atom is 0.433 e. The summed E-state index contributed by atoms with van der Waals surface area (Å²) in [6.45, 7) is 7.12. The molecule has 1 fully saturated rings. The van der Waals surface area contributed by atoms with E-state index in [1.165, 1.54) is 0 Å². The maximum atomic E-state index is 12.7. The van der Waals surface area contributed by atoms with Gasteiger partial charge in [-0.1, -0.05) is 0 Å². The topological polar surface area (TPSA) is 92.7 Å². The number of alkyl halides is 3. The van der Waals surface area contributed by atoms with E-state index in [0.717, 1.165) is 25.3 Å². The molecule has 0 aliphatic carbocycles. The number of aliphatic imine (C=N–C) groups is 1. The number of hydrogen-bond acceptors (Lipinski definition) is 6. The van der Waals surface area contributed by atoms with E-state index in [1.54, 1.807) is 0 Å². The van der Waals surface area contributed by atoms with Crippen molar-refractivity contribution < 1.29 is 22.6 Å². The molecule has 166 valence electrons. The molecule has 2 atom stereocenters. The Hall–Kier alpha value is -1.41. The van der Waals surface area contributed by atoms with E-state index in [2.05, 4.69) is 30.9 Å². The van der Waals surface area contributed by atoms with Gasteiger partial charge in [-0.05, 0) is 26.3 Å². The Bertz CT molecular complexity index is 629. The molecule has 1 aliphatic rings. The lowest BCUT2D eigenvalue weighted by atomic mass is 10.3. The van der Waals surface area contributed by atoms with Gasteiger partial charge in [0.1, 0.15) is 5.69 Å². The third kappa shape index (κ3) is 9.76. The Morgan fingerprint density at radius 3 is 2.90 bits per heavy atom. The van der Waals surface area contributed by atoms with E-state index in [9.17, 15) is 13.2 Å². The zero-order chi connectivity index (χ0) is 20.4. The van der Waals surface area contributed by atoms with Crippen LogP contribution >= 0.6 is 24.0 Å². The Morgan fingerprint density at radius 1 is 1.45 bits per heavy atom. The first-order valence-corrected chi connectivity index (χ1v) is 9.26. The standard InChI is InChI=1S/C17H27F3N6O2.HI/c1-3-21-15(25-12(2)10-28-13-5-9-27-11-13)23-7-8-24-16-22-6-4-14(26-16)17(18,19)20;/h4,6,12-13H,3,5,7-11H2,1-2H3,(H2,21,23,25)(H,22,24,26);1H. The maximum absolute atomic E-state index is 12.7. The van der Waals surface area contributed by atoms with Crippen LogP contribution in [0.15, 0.2) is 17.3 Å². The second kappa shape index (κ2) is 13.0. The van der Waals surface area contributed by atoms with Crippen molar-refractivity contribution >= 4 is 35.9 Å². The van der Waals surface area contributed by atoms with Gasteiger partial charge in [-0.3, -0.25) is 4.99 Å². The normalized spacial score (nSPS) is 18.1. The minimum Gasteiger partial charge on any atom is -0.379 e. The number of anilines is 1. The van der Waals surface area contributed by atoms with Gasteiger partial charge in [-0.15, -0.1) is 24.0 Å². The van der Waals surface area contributed by atoms with Crippen LogP contribution in [0, 0.1) is 0 Å². The number of nitrogens with one attached hydrogen (secondary N) is 3. The molecule has 0 saturated carbocycles. The van der Waals surface area contributed by atoms with Gasteiger partial charge in [0.15, 0.2) is 5.96 Å². The third-order valence-electron chi connectivity index (χ3n) is 3.81. The largest absolute Gasteiger partial charge is 0.433 e. The van der Waals surface area contributed by atoms with Gasteiger partial charge in [0.2, 0.25) is 5.95 Å². The Labute approximate surface area is 185 Å². The first-order chi connectivity index (χ1) is 13.4. The Kier molecular flexibility index (Phi) is 11.5. The molecule has 3 N–H and O–H groups in total. The fourth-order valence-electron chi connectivity index (χ4n) is 2.46. The van der Waals surface area contributed by atoms with Crippen LogP contribution in [0.3, 0.4) is 0 Å². The van der Waals surface area contributed by atoms with Crippen LogP contribution in [0.2, 0.25) is 0 Å². The molecule has 2 unspecified atom stereocenters. The summed E-state index contributed by atoms with van der Waals surface area (Å²) < 4.78 is 49.0. The lowest BCUT2D eigenvalue weighted by Crippen LogP contribution is -2.44. The quantitative estimate of drug-likeness (QED) is 0.195. The molecule has 1 saturated heterocycles. The van der Waals surface area contributed by atoms with Gasteiger partial charge in [0.25, 0.3) is 0 Å². The minimum atomic E-state index is -4.50. The van der Waals surface area contributed by atoms with Crippen molar-refractivity contribution in [3.8, 4) is 0 Å². The molecule has 2 rings (SSSR count). The van der Waals surface area contributed by atoms with Gasteiger partial charge in [-0.25, -0.2) is 9.97 Å². The third-order valence-corrected chi connectivity index (χ3v) is 3.81. The summed E-state index contributed by atoms with van der Waals surface area (Å²) in [5.74, 6) is 0.525. The lowest BCUT2D eigenvalue weighted by molar-refractivity contribution is -0.141. The minimum absolute atomic E-state index is 0. The summed E-state index contributed by atoms with van der Waals surface area (Å²) in [7, 11) is 0. The smallest absolute Gasteiger partial charge is 0.379 e. The van der Waals surface area contributed by atoms with Gasteiger partial charge in [0, 0.05) is 31.9 Å². The fraction of sp³-hybridized carbons (Fsp3) is 0.706. The summed E-state index contributed by atoms with van der Waals surface area (Å²) in [5.41, 5.74) is -0.981. The number of hydrogen-bond donors (Lipinski definition) is 3. The monoisotopic (exact) mass is 532 g/mol. The summed E-state index contributed by atoms with van der Waals surface area (Å²) in [5, 5.41) is 9.10. The van der Waals surface area contributed by atoms with Crippen LogP contribution < -0.4 is 16.0 Å². The number of rotatable bonds is 9. The molecule has 0 amide bonds. The summed E-state index contributed by atoms with van der Waals surface area (Å²) in [6.07, 6.45) is -2.38. The van der Waals surface area contributed by atoms with Crippen LogP contribution in [-0.4, -0.2) is 67.5 Å². The second-order valence-corrected chi connectivity index (χ2v) is 6.31. The second-order valence-electron chi connectivity index (χ2n) is 6.31. The molecule has 1 aliphatic heterocycles. The zero-order valence-electron chi connectivity index (χ0n) is 16.5. The van der Waals surface area contributed by atoms with E-state index >= 15 is 0 Å². The predicted octanol–water partition coefficient (Wildman–Crippen LogP) is 2.27. The van der Waals surface area contributed by atoms with E-state index in [1.807, 2.05) is 13.8 Å². The number of halogens is 4. The van der Waals surface area contributed by atoms with Crippen molar-refractivity contribution in [2.75, 3.05) is 44.8 Å². The number of ether oxygens (including phenoxy) is 2. The number of aromatic nitrogens is 2. The summed E-state index contributed by atoms with van der Waals surface area (Å²) in [4.78, 5) is 11.6. The highest BCUT2D eigenvalue weighted by Gasteiger charge is 2.32. The SMILES string of the molecule is CCNC(=NCCNc1nccc(C(F)(F)F)n1)NC(C)COC1CCOC1.I. The number of nitrogens with zero attached hydrogens (tertiary/aromatic N) is 3. The van der Waals surface area contributed by atoms with E-state index in [0.29, 0.717) is 38.8 Å². The van der Waals surface area contributed by atoms with E-state index in [4.69, 9.17) is 9.47 Å². The highest BCUT2D eigenvalue weighted by molar-refractivity contribution is 14.0. The van der Waals surface area contributed by atoms with Gasteiger partial charge >= 0.3 is 6.18 Å². The van der Waals surface area contributed by atoms with Crippen LogP contribution in [0.4, 0.5) is 19.1 Å².